The smallest absolute Gasteiger partial charge is 0.221 e. The molecule has 1 aromatic heterocycles. The van der Waals surface area contributed by atoms with Crippen LogP contribution in [0.1, 0.15) is 6.92 Å². The van der Waals surface area contributed by atoms with Gasteiger partial charge >= 0.3 is 0 Å². The summed E-state index contributed by atoms with van der Waals surface area (Å²) in [6.07, 6.45) is 0. The summed E-state index contributed by atoms with van der Waals surface area (Å²) in [7, 11) is 0. The lowest BCUT2D eigenvalue weighted by Gasteiger charge is -1.92. The van der Waals surface area contributed by atoms with Crippen molar-refractivity contribution >= 4 is 45.4 Å². The molecule has 1 N–H and O–H groups in total. The van der Waals surface area contributed by atoms with Gasteiger partial charge in [-0.2, -0.15) is 0 Å². The van der Waals surface area contributed by atoms with Gasteiger partial charge in [-0.25, -0.2) is 0 Å². The minimum atomic E-state index is -0.125. The number of hydrogen-bond donors (Lipinski definition) is 1. The molecule has 0 spiro atoms. The zero-order valence-electron chi connectivity index (χ0n) is 5.65. The Kier molecular flexibility index (Phi) is 2.76. The summed E-state index contributed by atoms with van der Waals surface area (Å²) in [6.45, 7) is 1.43. The lowest BCUT2D eigenvalue weighted by atomic mass is 10.6. The highest BCUT2D eigenvalue weighted by Crippen LogP contribution is 2.34. The van der Waals surface area contributed by atoms with E-state index in [-0.39, 0.29) is 5.91 Å². The summed E-state index contributed by atoms with van der Waals surface area (Å²) >= 11 is 12.5. The van der Waals surface area contributed by atoms with Gasteiger partial charge in [0, 0.05) is 6.92 Å². The first-order valence-electron chi connectivity index (χ1n) is 2.82. The molecule has 0 aliphatic heterocycles. The minimum Gasteiger partial charge on any atom is -0.318 e. The number of nitrogens with one attached hydrogen (secondary N) is 1. The zero-order valence-corrected chi connectivity index (χ0v) is 7.98. The molecule has 0 aromatic carbocycles. The Morgan fingerprint density at radius 2 is 2.27 bits per heavy atom. The highest BCUT2D eigenvalue weighted by atomic mass is 35.5. The Balaban J connectivity index is 2.81. The van der Waals surface area contributed by atoms with E-state index < -0.39 is 0 Å². The van der Waals surface area contributed by atoms with Gasteiger partial charge in [0.1, 0.15) is 4.34 Å². The van der Waals surface area contributed by atoms with Crippen LogP contribution in [0, 0.1) is 0 Å². The number of carbonyl (C=O) groups excluding carboxylic acids is 1. The number of hydrogen-bond acceptors (Lipinski definition) is 2. The Bertz CT molecular complexity index is 265. The van der Waals surface area contributed by atoms with Crippen molar-refractivity contribution in [2.75, 3.05) is 5.32 Å². The fourth-order valence-electron chi connectivity index (χ4n) is 0.582. The molecule has 0 saturated carbocycles. The predicted molar refractivity (Wildman–Crippen MR) is 48.6 cm³/mol. The van der Waals surface area contributed by atoms with Crippen LogP contribution in [-0.4, -0.2) is 5.91 Å². The second-order valence-corrected chi connectivity index (χ2v) is 3.97. The summed E-state index contributed by atoms with van der Waals surface area (Å²) < 4.78 is 0.496. The van der Waals surface area contributed by atoms with E-state index in [4.69, 9.17) is 23.2 Å². The number of halogens is 2. The SMILES string of the molecule is CC(=O)Nc1cc(Cl)c(Cl)s1. The maximum Gasteiger partial charge on any atom is 0.221 e. The molecule has 0 aliphatic carbocycles. The Morgan fingerprint density at radius 3 is 2.64 bits per heavy atom. The first-order valence-corrected chi connectivity index (χ1v) is 4.39. The highest BCUT2D eigenvalue weighted by molar-refractivity contribution is 7.20. The van der Waals surface area contributed by atoms with E-state index in [1.165, 1.54) is 18.3 Å². The summed E-state index contributed by atoms with van der Waals surface area (Å²) in [5.41, 5.74) is 0. The van der Waals surface area contributed by atoms with Gasteiger partial charge in [-0.05, 0) is 6.07 Å². The van der Waals surface area contributed by atoms with Crippen LogP contribution in [0.5, 0.6) is 0 Å². The maximum atomic E-state index is 10.5. The summed E-state index contributed by atoms with van der Waals surface area (Å²) in [5, 5.41) is 3.72. The number of amides is 1. The largest absolute Gasteiger partial charge is 0.318 e. The van der Waals surface area contributed by atoms with Crippen LogP contribution >= 0.6 is 34.5 Å². The maximum absolute atomic E-state index is 10.5. The van der Waals surface area contributed by atoms with Gasteiger partial charge in [0.2, 0.25) is 5.91 Å². The van der Waals surface area contributed by atoms with Gasteiger partial charge in [-0.3, -0.25) is 4.79 Å². The van der Waals surface area contributed by atoms with Gasteiger partial charge < -0.3 is 5.32 Å². The van der Waals surface area contributed by atoms with Crippen molar-refractivity contribution in [3.05, 3.63) is 15.4 Å². The van der Waals surface area contributed by atoms with Crippen LogP contribution in [0.3, 0.4) is 0 Å². The molecule has 0 fully saturated rings. The fourth-order valence-corrected chi connectivity index (χ4v) is 1.90. The third-order valence-electron chi connectivity index (χ3n) is 0.944. The fraction of sp³-hybridized carbons (Fsp3) is 0.167. The monoisotopic (exact) mass is 209 g/mol. The quantitative estimate of drug-likeness (QED) is 0.758. The molecule has 11 heavy (non-hydrogen) atoms. The van der Waals surface area contributed by atoms with Crippen molar-refractivity contribution in [2.24, 2.45) is 0 Å². The molecule has 0 aliphatic rings. The Morgan fingerprint density at radius 1 is 1.64 bits per heavy atom. The molecule has 0 saturated heterocycles. The number of anilines is 1. The molecule has 0 unspecified atom stereocenters. The standard InChI is InChI=1S/C6H5Cl2NOS/c1-3(10)9-5-2-4(7)6(8)11-5/h2H,1H3,(H,9,10). The zero-order chi connectivity index (χ0) is 8.43. The molecule has 0 bridgehead atoms. The Hall–Kier alpha value is -0.250. The van der Waals surface area contributed by atoms with Crippen LogP contribution in [0.15, 0.2) is 6.07 Å². The molecule has 1 aromatic rings. The van der Waals surface area contributed by atoms with Gasteiger partial charge in [0.15, 0.2) is 0 Å². The number of rotatable bonds is 1. The van der Waals surface area contributed by atoms with Crippen LogP contribution in [0.2, 0.25) is 9.36 Å². The van der Waals surface area contributed by atoms with Crippen LogP contribution in [0.4, 0.5) is 5.00 Å². The van der Waals surface area contributed by atoms with Crippen molar-refractivity contribution in [1.29, 1.82) is 0 Å². The van der Waals surface area contributed by atoms with E-state index >= 15 is 0 Å². The summed E-state index contributed by atoms with van der Waals surface area (Å²) in [6, 6.07) is 1.62. The normalized spacial score (nSPS) is 9.73. The Labute approximate surface area is 78.1 Å². The molecule has 0 atom stereocenters. The molecular weight excluding hydrogens is 205 g/mol. The third-order valence-corrected chi connectivity index (χ3v) is 2.73. The van der Waals surface area contributed by atoms with E-state index in [1.807, 2.05) is 0 Å². The average molecular weight is 210 g/mol. The molecule has 2 nitrogen and oxygen atoms in total. The lowest BCUT2D eigenvalue weighted by molar-refractivity contribution is -0.114. The van der Waals surface area contributed by atoms with Crippen LogP contribution in [-0.2, 0) is 4.79 Å². The summed E-state index contributed by atoms with van der Waals surface area (Å²) in [5.74, 6) is -0.125. The van der Waals surface area contributed by atoms with E-state index in [0.717, 1.165) is 0 Å². The molecule has 1 heterocycles. The van der Waals surface area contributed by atoms with Crippen molar-refractivity contribution in [3.63, 3.8) is 0 Å². The second kappa shape index (κ2) is 3.43. The van der Waals surface area contributed by atoms with Crippen LogP contribution in [0.25, 0.3) is 0 Å². The van der Waals surface area contributed by atoms with Gasteiger partial charge in [-0.15, -0.1) is 11.3 Å². The van der Waals surface area contributed by atoms with E-state index in [1.54, 1.807) is 6.07 Å². The third kappa shape index (κ3) is 2.36. The average Bonchev–Trinajstić information content (AvgIpc) is 2.10. The molecule has 1 rings (SSSR count). The molecular formula is C6H5Cl2NOS. The number of thiophene rings is 1. The number of carbonyl (C=O) groups is 1. The van der Waals surface area contributed by atoms with Gasteiger partial charge in [0.05, 0.1) is 10.0 Å². The highest BCUT2D eigenvalue weighted by Gasteiger charge is 2.04. The summed E-state index contributed by atoms with van der Waals surface area (Å²) in [4.78, 5) is 10.5. The minimum absolute atomic E-state index is 0.125. The van der Waals surface area contributed by atoms with Gasteiger partial charge in [0.25, 0.3) is 0 Å². The van der Waals surface area contributed by atoms with Gasteiger partial charge in [-0.1, -0.05) is 23.2 Å². The van der Waals surface area contributed by atoms with E-state index in [2.05, 4.69) is 5.32 Å². The molecule has 60 valence electrons. The van der Waals surface area contributed by atoms with Crippen molar-refractivity contribution in [3.8, 4) is 0 Å². The topological polar surface area (TPSA) is 29.1 Å². The predicted octanol–water partition coefficient (Wildman–Crippen LogP) is 3.01. The molecule has 5 heteroatoms. The van der Waals surface area contributed by atoms with Crippen LogP contribution < -0.4 is 5.32 Å². The lowest BCUT2D eigenvalue weighted by Crippen LogP contribution is -2.03. The first-order chi connectivity index (χ1) is 5.09. The first kappa shape index (κ1) is 8.84. The van der Waals surface area contributed by atoms with E-state index in [0.29, 0.717) is 14.4 Å². The van der Waals surface area contributed by atoms with E-state index in [9.17, 15) is 4.79 Å². The molecule has 0 radical (unpaired) electrons. The second-order valence-electron chi connectivity index (χ2n) is 1.91. The van der Waals surface area contributed by atoms with Crippen molar-refractivity contribution in [1.82, 2.24) is 0 Å². The van der Waals surface area contributed by atoms with Crippen molar-refractivity contribution in [2.45, 2.75) is 6.92 Å². The molecule has 1 amide bonds. The van der Waals surface area contributed by atoms with Crippen molar-refractivity contribution < 1.29 is 4.79 Å².